The second-order valence-corrected chi connectivity index (χ2v) is 4.58. The van der Waals surface area contributed by atoms with Crippen molar-refractivity contribution in [1.29, 1.82) is 0 Å². The number of halogens is 1. The van der Waals surface area contributed by atoms with Gasteiger partial charge in [-0.3, -0.25) is 0 Å². The fourth-order valence-corrected chi connectivity index (χ4v) is 2.02. The minimum absolute atomic E-state index is 0.595. The Morgan fingerprint density at radius 3 is 2.88 bits per heavy atom. The Hall–Kier alpha value is -1.12. The zero-order valence-electron chi connectivity index (χ0n) is 10.3. The number of pyridine rings is 1. The Bertz CT molecular complexity index is 523. The van der Waals surface area contributed by atoms with Gasteiger partial charge < -0.3 is 5.32 Å². The number of aromatic nitrogens is 1. The van der Waals surface area contributed by atoms with Crippen LogP contribution in [0, 0.1) is 6.92 Å². The molecule has 17 heavy (non-hydrogen) atoms. The Morgan fingerprint density at radius 1 is 1.29 bits per heavy atom. The maximum absolute atomic E-state index is 6.01. The third-order valence-corrected chi connectivity index (χ3v) is 3.23. The summed E-state index contributed by atoms with van der Waals surface area (Å²) in [7, 11) is 0. The van der Waals surface area contributed by atoms with Crippen LogP contribution in [0.15, 0.2) is 24.3 Å². The van der Waals surface area contributed by atoms with Crippen molar-refractivity contribution in [2.45, 2.75) is 20.3 Å². The fraction of sp³-hybridized carbons (Fsp3) is 0.357. The van der Waals surface area contributed by atoms with Gasteiger partial charge >= 0.3 is 0 Å². The molecule has 0 amide bonds. The molecule has 2 nitrogen and oxygen atoms in total. The van der Waals surface area contributed by atoms with Crippen molar-refractivity contribution in [3.63, 3.8) is 0 Å². The van der Waals surface area contributed by atoms with E-state index in [2.05, 4.69) is 35.4 Å². The monoisotopic (exact) mass is 248 g/mol. The molecule has 0 radical (unpaired) electrons. The Kier molecular flexibility index (Phi) is 3.97. The van der Waals surface area contributed by atoms with E-state index in [1.54, 1.807) is 0 Å². The molecule has 1 aromatic carbocycles. The normalized spacial score (nSPS) is 11.0. The zero-order chi connectivity index (χ0) is 12.3. The SMILES string of the molecule is CCNCCc1ccc2nc(Cl)c(C)cc2c1. The molecule has 0 saturated carbocycles. The van der Waals surface area contributed by atoms with E-state index in [1.807, 2.05) is 13.0 Å². The van der Waals surface area contributed by atoms with E-state index >= 15 is 0 Å². The molecule has 0 fully saturated rings. The van der Waals surface area contributed by atoms with Crippen LogP contribution < -0.4 is 5.32 Å². The van der Waals surface area contributed by atoms with Gasteiger partial charge in [-0.25, -0.2) is 4.98 Å². The molecule has 0 aliphatic heterocycles. The van der Waals surface area contributed by atoms with Crippen LogP contribution in [0.3, 0.4) is 0 Å². The van der Waals surface area contributed by atoms with Gasteiger partial charge in [0.1, 0.15) is 5.15 Å². The maximum atomic E-state index is 6.01. The van der Waals surface area contributed by atoms with Gasteiger partial charge in [0.05, 0.1) is 5.52 Å². The number of likely N-dealkylation sites (N-methyl/N-ethyl adjacent to an activating group) is 1. The predicted molar refractivity (Wildman–Crippen MR) is 73.7 cm³/mol. The van der Waals surface area contributed by atoms with Gasteiger partial charge in [-0.2, -0.15) is 0 Å². The van der Waals surface area contributed by atoms with Crippen molar-refractivity contribution in [3.05, 3.63) is 40.5 Å². The van der Waals surface area contributed by atoms with Crippen LogP contribution in [0.2, 0.25) is 5.15 Å². The summed E-state index contributed by atoms with van der Waals surface area (Å²) in [6.07, 6.45) is 1.05. The molecule has 1 aromatic heterocycles. The van der Waals surface area contributed by atoms with Gasteiger partial charge in [-0.05, 0) is 55.8 Å². The van der Waals surface area contributed by atoms with Crippen molar-refractivity contribution in [1.82, 2.24) is 10.3 Å². The topological polar surface area (TPSA) is 24.9 Å². The van der Waals surface area contributed by atoms with Gasteiger partial charge in [-0.1, -0.05) is 24.6 Å². The van der Waals surface area contributed by atoms with Crippen molar-refractivity contribution < 1.29 is 0 Å². The van der Waals surface area contributed by atoms with Gasteiger partial charge in [0.25, 0.3) is 0 Å². The number of hydrogen-bond acceptors (Lipinski definition) is 2. The highest BCUT2D eigenvalue weighted by Crippen LogP contribution is 2.20. The number of nitrogens with zero attached hydrogens (tertiary/aromatic N) is 1. The van der Waals surface area contributed by atoms with Crippen LogP contribution in [0.25, 0.3) is 10.9 Å². The summed E-state index contributed by atoms with van der Waals surface area (Å²) < 4.78 is 0. The molecule has 2 aromatic rings. The quantitative estimate of drug-likeness (QED) is 0.663. The lowest BCUT2D eigenvalue weighted by molar-refractivity contribution is 0.717. The highest BCUT2D eigenvalue weighted by molar-refractivity contribution is 6.30. The zero-order valence-corrected chi connectivity index (χ0v) is 11.0. The third-order valence-electron chi connectivity index (χ3n) is 2.85. The molecule has 0 spiro atoms. The fourth-order valence-electron chi connectivity index (χ4n) is 1.87. The van der Waals surface area contributed by atoms with Crippen LogP contribution in [0.5, 0.6) is 0 Å². The van der Waals surface area contributed by atoms with E-state index in [0.717, 1.165) is 30.6 Å². The van der Waals surface area contributed by atoms with E-state index in [4.69, 9.17) is 11.6 Å². The summed E-state index contributed by atoms with van der Waals surface area (Å²) in [5.41, 5.74) is 3.33. The second kappa shape index (κ2) is 5.48. The van der Waals surface area contributed by atoms with E-state index < -0.39 is 0 Å². The molecule has 1 heterocycles. The summed E-state index contributed by atoms with van der Waals surface area (Å²) in [6, 6.07) is 8.46. The largest absolute Gasteiger partial charge is 0.317 e. The first kappa shape index (κ1) is 12.3. The van der Waals surface area contributed by atoms with Gasteiger partial charge in [0, 0.05) is 5.39 Å². The number of rotatable bonds is 4. The summed E-state index contributed by atoms with van der Waals surface area (Å²) in [4.78, 5) is 4.36. The minimum atomic E-state index is 0.595. The summed E-state index contributed by atoms with van der Waals surface area (Å²) in [5.74, 6) is 0. The number of nitrogens with one attached hydrogen (secondary N) is 1. The first-order valence-electron chi connectivity index (χ1n) is 5.97. The predicted octanol–water partition coefficient (Wildman–Crippen LogP) is 3.35. The molecule has 0 aliphatic rings. The Morgan fingerprint density at radius 2 is 2.12 bits per heavy atom. The summed E-state index contributed by atoms with van der Waals surface area (Å²) in [5, 5.41) is 5.09. The van der Waals surface area contributed by atoms with Crippen LogP contribution >= 0.6 is 11.6 Å². The molecule has 1 N–H and O–H groups in total. The van der Waals surface area contributed by atoms with E-state index in [1.165, 1.54) is 10.9 Å². The molecule has 2 rings (SSSR count). The lowest BCUT2D eigenvalue weighted by Crippen LogP contribution is -2.15. The van der Waals surface area contributed by atoms with Gasteiger partial charge in [-0.15, -0.1) is 0 Å². The molecule has 0 unspecified atom stereocenters. The molecule has 0 saturated heterocycles. The molecule has 0 aliphatic carbocycles. The second-order valence-electron chi connectivity index (χ2n) is 4.23. The van der Waals surface area contributed by atoms with E-state index in [9.17, 15) is 0 Å². The number of benzene rings is 1. The van der Waals surface area contributed by atoms with Crippen LogP contribution in [-0.2, 0) is 6.42 Å². The Labute approximate surface area is 107 Å². The van der Waals surface area contributed by atoms with E-state index in [-0.39, 0.29) is 0 Å². The molecule has 90 valence electrons. The maximum Gasteiger partial charge on any atom is 0.132 e. The van der Waals surface area contributed by atoms with Crippen molar-refractivity contribution >= 4 is 22.5 Å². The highest BCUT2D eigenvalue weighted by Gasteiger charge is 2.02. The lowest BCUT2D eigenvalue weighted by atomic mass is 10.1. The molecule has 3 heteroatoms. The first-order chi connectivity index (χ1) is 8.20. The van der Waals surface area contributed by atoms with Crippen LogP contribution in [0.4, 0.5) is 0 Å². The van der Waals surface area contributed by atoms with Crippen molar-refractivity contribution in [2.24, 2.45) is 0 Å². The third kappa shape index (κ3) is 2.96. The molecular formula is C14H17ClN2. The highest BCUT2D eigenvalue weighted by atomic mass is 35.5. The minimum Gasteiger partial charge on any atom is -0.317 e. The summed E-state index contributed by atoms with van der Waals surface area (Å²) in [6.45, 7) is 6.14. The molecule has 0 atom stereocenters. The lowest BCUT2D eigenvalue weighted by Gasteiger charge is -2.05. The number of hydrogen-bond donors (Lipinski definition) is 1. The smallest absolute Gasteiger partial charge is 0.132 e. The summed E-state index contributed by atoms with van der Waals surface area (Å²) >= 11 is 6.01. The van der Waals surface area contributed by atoms with E-state index in [0.29, 0.717) is 5.15 Å². The molecule has 0 bridgehead atoms. The van der Waals surface area contributed by atoms with Gasteiger partial charge in [0.15, 0.2) is 0 Å². The van der Waals surface area contributed by atoms with Crippen LogP contribution in [0.1, 0.15) is 18.1 Å². The molecular weight excluding hydrogens is 232 g/mol. The number of fused-ring (bicyclic) bond motifs is 1. The average molecular weight is 249 g/mol. The Balaban J connectivity index is 2.27. The van der Waals surface area contributed by atoms with Crippen molar-refractivity contribution in [2.75, 3.05) is 13.1 Å². The average Bonchev–Trinajstić information content (AvgIpc) is 2.31. The van der Waals surface area contributed by atoms with Gasteiger partial charge in [0.2, 0.25) is 0 Å². The van der Waals surface area contributed by atoms with Crippen molar-refractivity contribution in [3.8, 4) is 0 Å². The first-order valence-corrected chi connectivity index (χ1v) is 6.35. The number of aryl methyl sites for hydroxylation is 1. The van der Waals surface area contributed by atoms with Crippen LogP contribution in [-0.4, -0.2) is 18.1 Å². The standard InChI is InChI=1S/C14H17ClN2/c1-3-16-7-6-11-4-5-13-12(9-11)8-10(2)14(15)17-13/h4-5,8-9,16H,3,6-7H2,1-2H3.